The zero-order valence-corrected chi connectivity index (χ0v) is 16.5. The number of cyclic esters (lactones) is 1. The molecule has 1 amide bonds. The average molecular weight is 422 g/mol. The second-order valence-corrected chi connectivity index (χ2v) is 10.4. The summed E-state index contributed by atoms with van der Waals surface area (Å²) in [6, 6.07) is 11.4. The summed E-state index contributed by atoms with van der Waals surface area (Å²) in [5.74, 6) is -1.59. The number of amides is 1. The highest BCUT2D eigenvalue weighted by molar-refractivity contribution is 7.71. The van der Waals surface area contributed by atoms with Gasteiger partial charge in [-0.2, -0.15) is 0 Å². The van der Waals surface area contributed by atoms with Crippen LogP contribution in [0.15, 0.2) is 42.5 Å². The molecule has 1 N–H and O–H groups in total. The number of aliphatic hydroxyl groups is 1. The summed E-state index contributed by atoms with van der Waals surface area (Å²) < 4.78 is 47.7. The second-order valence-electron chi connectivity index (χ2n) is 7.22. The molecule has 0 aliphatic carbocycles. The largest absolute Gasteiger partial charge is 0.441 e. The van der Waals surface area contributed by atoms with E-state index in [4.69, 9.17) is 9.84 Å². The molecule has 154 valence electrons. The maximum Gasteiger partial charge on any atom is 0.414 e. The average Bonchev–Trinajstić information content (AvgIpc) is 3.10. The highest BCUT2D eigenvalue weighted by Crippen LogP contribution is 2.47. The van der Waals surface area contributed by atoms with E-state index in [1.54, 1.807) is 4.90 Å². The van der Waals surface area contributed by atoms with Gasteiger partial charge >= 0.3 is 6.09 Å². The van der Waals surface area contributed by atoms with E-state index in [9.17, 15) is 18.1 Å². The van der Waals surface area contributed by atoms with Gasteiger partial charge in [0, 0.05) is 42.9 Å². The lowest BCUT2D eigenvalue weighted by Crippen LogP contribution is -2.38. The Bertz CT molecular complexity index is 937. The van der Waals surface area contributed by atoms with Crippen LogP contribution in [0.25, 0.3) is 0 Å². The van der Waals surface area contributed by atoms with Crippen molar-refractivity contribution in [2.75, 3.05) is 48.4 Å². The van der Waals surface area contributed by atoms with Crippen LogP contribution in [0.5, 0.6) is 0 Å². The van der Waals surface area contributed by atoms with Gasteiger partial charge in [-0.25, -0.2) is 13.6 Å². The van der Waals surface area contributed by atoms with Crippen molar-refractivity contribution in [3.63, 3.8) is 0 Å². The number of rotatable bonds is 4. The Morgan fingerprint density at radius 3 is 2.28 bits per heavy atom. The number of halogens is 2. The molecule has 0 bridgehead atoms. The van der Waals surface area contributed by atoms with Crippen molar-refractivity contribution >= 4 is 29.9 Å². The molecular formula is C20H21F2N2O4P. The number of hydrogen-bond acceptors (Lipinski definition) is 5. The summed E-state index contributed by atoms with van der Waals surface area (Å²) in [6.45, 7) is 0.216. The van der Waals surface area contributed by atoms with Crippen molar-refractivity contribution in [3.05, 3.63) is 54.1 Å². The van der Waals surface area contributed by atoms with Crippen LogP contribution >= 0.6 is 7.14 Å². The van der Waals surface area contributed by atoms with Gasteiger partial charge in [-0.3, -0.25) is 4.90 Å². The van der Waals surface area contributed by atoms with Crippen molar-refractivity contribution < 1.29 is 28.0 Å². The second kappa shape index (κ2) is 7.76. The lowest BCUT2D eigenvalue weighted by Gasteiger charge is -2.34. The van der Waals surface area contributed by atoms with E-state index < -0.39 is 31.0 Å². The molecule has 2 saturated heterocycles. The summed E-state index contributed by atoms with van der Waals surface area (Å²) in [7, 11) is -2.58. The Hall–Kier alpha value is -2.44. The van der Waals surface area contributed by atoms with Crippen molar-refractivity contribution in [1.82, 2.24) is 0 Å². The van der Waals surface area contributed by atoms with Crippen LogP contribution in [0.4, 0.5) is 25.0 Å². The van der Waals surface area contributed by atoms with Crippen molar-refractivity contribution in [2.24, 2.45) is 0 Å². The van der Waals surface area contributed by atoms with E-state index in [2.05, 4.69) is 0 Å². The summed E-state index contributed by atoms with van der Waals surface area (Å²) in [5.41, 5.74) is -0.143. The Labute approximate surface area is 167 Å². The van der Waals surface area contributed by atoms with Crippen LogP contribution < -0.4 is 15.1 Å². The molecule has 2 fully saturated rings. The highest BCUT2D eigenvalue weighted by atomic mass is 31.2. The minimum atomic E-state index is -2.58. The molecule has 2 aliphatic rings. The van der Waals surface area contributed by atoms with Crippen LogP contribution in [-0.2, 0) is 9.30 Å². The molecule has 1 atom stereocenters. The van der Waals surface area contributed by atoms with Crippen LogP contribution in [0, 0.1) is 11.6 Å². The van der Waals surface area contributed by atoms with Crippen LogP contribution in [0.2, 0.25) is 0 Å². The van der Waals surface area contributed by atoms with Gasteiger partial charge in [-0.15, -0.1) is 0 Å². The number of carbonyl (C=O) groups excluding carboxylic acids is 1. The molecule has 0 saturated carbocycles. The van der Waals surface area contributed by atoms with Gasteiger partial charge in [0.15, 0.2) is 11.6 Å². The van der Waals surface area contributed by atoms with E-state index >= 15 is 0 Å². The maximum atomic E-state index is 14.8. The normalized spacial score (nSPS) is 21.3. The molecule has 4 rings (SSSR count). The molecule has 2 aromatic carbocycles. The molecule has 0 unspecified atom stereocenters. The van der Waals surface area contributed by atoms with Crippen LogP contribution in [-0.4, -0.2) is 55.9 Å². The Kier molecular flexibility index (Phi) is 5.32. The molecular weight excluding hydrogens is 401 g/mol. The SMILES string of the molecule is O=C1O[C@@H](CO)CN1c1cc(F)c(N2CCP(=O)(c3ccccc3)CC2)c(F)c1. The number of hydrogen-bond donors (Lipinski definition) is 1. The number of ether oxygens (including phenoxy) is 1. The van der Waals surface area contributed by atoms with Crippen molar-refractivity contribution in [2.45, 2.75) is 6.10 Å². The van der Waals surface area contributed by atoms with Gasteiger partial charge in [-0.1, -0.05) is 30.3 Å². The van der Waals surface area contributed by atoms with Crippen LogP contribution in [0.3, 0.4) is 0 Å². The van der Waals surface area contributed by atoms with E-state index in [-0.39, 0.29) is 37.6 Å². The molecule has 0 spiro atoms. The van der Waals surface area contributed by atoms with Crippen molar-refractivity contribution in [1.29, 1.82) is 0 Å². The molecule has 0 radical (unpaired) electrons. The number of benzene rings is 2. The fraction of sp³-hybridized carbons (Fsp3) is 0.350. The van der Waals surface area contributed by atoms with E-state index in [0.717, 1.165) is 22.3 Å². The number of carbonyl (C=O) groups is 1. The standard InChI is InChI=1S/C20H21F2N2O4P/c21-17-10-14(24-12-15(13-25)28-20(24)26)11-18(22)19(17)23-6-8-29(27,9-7-23)16-4-2-1-3-5-16/h1-5,10-11,15,25H,6-9,12-13H2/t15-/m1/s1. The zero-order valence-electron chi connectivity index (χ0n) is 15.6. The first-order valence-corrected chi connectivity index (χ1v) is 11.5. The Morgan fingerprint density at radius 1 is 1.10 bits per heavy atom. The molecule has 29 heavy (non-hydrogen) atoms. The van der Waals surface area contributed by atoms with Crippen LogP contribution in [0.1, 0.15) is 0 Å². The first kappa shape index (κ1) is 19.9. The predicted octanol–water partition coefficient (Wildman–Crippen LogP) is 2.79. The van der Waals surface area contributed by atoms with Gasteiger partial charge in [0.25, 0.3) is 0 Å². The molecule has 2 aromatic rings. The zero-order chi connectivity index (χ0) is 20.6. The summed E-state index contributed by atoms with van der Waals surface area (Å²) in [6.07, 6.45) is -0.789. The molecule has 0 aromatic heterocycles. The van der Waals surface area contributed by atoms with Gasteiger partial charge in [-0.05, 0) is 0 Å². The first-order chi connectivity index (χ1) is 13.9. The predicted molar refractivity (Wildman–Crippen MR) is 107 cm³/mol. The monoisotopic (exact) mass is 422 g/mol. The first-order valence-electron chi connectivity index (χ1n) is 9.38. The quantitative estimate of drug-likeness (QED) is 0.768. The van der Waals surface area contributed by atoms with E-state index in [0.29, 0.717) is 12.3 Å². The molecule has 2 aliphatic heterocycles. The number of nitrogens with zero attached hydrogens (tertiary/aromatic N) is 2. The molecule has 2 heterocycles. The minimum absolute atomic E-state index is 0.0253. The van der Waals surface area contributed by atoms with Gasteiger partial charge in [0.1, 0.15) is 18.9 Å². The fourth-order valence-electron chi connectivity index (χ4n) is 3.81. The van der Waals surface area contributed by atoms with E-state index in [1.807, 2.05) is 30.3 Å². The third kappa shape index (κ3) is 3.74. The lowest BCUT2D eigenvalue weighted by atomic mass is 10.2. The smallest absolute Gasteiger partial charge is 0.414 e. The topological polar surface area (TPSA) is 70.1 Å². The Morgan fingerprint density at radius 2 is 1.72 bits per heavy atom. The maximum absolute atomic E-state index is 14.8. The molecule has 9 heteroatoms. The fourth-order valence-corrected chi connectivity index (χ4v) is 6.39. The third-order valence-corrected chi connectivity index (χ3v) is 8.48. The number of aliphatic hydroxyl groups excluding tert-OH is 1. The van der Waals surface area contributed by atoms with Gasteiger partial charge < -0.3 is 19.3 Å². The number of anilines is 2. The lowest BCUT2D eigenvalue weighted by molar-refractivity contribution is 0.0963. The summed E-state index contributed by atoms with van der Waals surface area (Å²) in [4.78, 5) is 14.5. The van der Waals surface area contributed by atoms with Gasteiger partial charge in [0.2, 0.25) is 0 Å². The Balaban J connectivity index is 1.53. The highest BCUT2D eigenvalue weighted by Gasteiger charge is 2.35. The molecule has 6 nitrogen and oxygen atoms in total. The van der Waals surface area contributed by atoms with Crippen molar-refractivity contribution in [3.8, 4) is 0 Å². The summed E-state index contributed by atoms with van der Waals surface area (Å²) >= 11 is 0. The minimum Gasteiger partial charge on any atom is -0.441 e. The third-order valence-electron chi connectivity index (χ3n) is 5.40. The van der Waals surface area contributed by atoms with Gasteiger partial charge in [0.05, 0.1) is 18.8 Å². The van der Waals surface area contributed by atoms with E-state index in [1.165, 1.54) is 0 Å². The summed E-state index contributed by atoms with van der Waals surface area (Å²) in [5, 5.41) is 9.91.